The first-order chi connectivity index (χ1) is 11.9. The fourth-order valence-electron chi connectivity index (χ4n) is 2.10. The van der Waals surface area contributed by atoms with Crippen LogP contribution in [0.3, 0.4) is 0 Å². The molecule has 0 unspecified atom stereocenters. The summed E-state index contributed by atoms with van der Waals surface area (Å²) in [7, 11) is 7.80. The molecule has 0 spiro atoms. The molecule has 2 N–H and O–H groups in total. The second-order valence-corrected chi connectivity index (χ2v) is 10.1. The van der Waals surface area contributed by atoms with Gasteiger partial charge in [0.25, 0.3) is 5.91 Å². The smallest absolute Gasteiger partial charge is 0.254 e. The number of nitrogens with zero attached hydrogens (tertiary/aromatic N) is 1. The van der Waals surface area contributed by atoms with Crippen LogP contribution in [0.4, 0.5) is 0 Å². The predicted octanol–water partition coefficient (Wildman–Crippen LogP) is 2.93. The number of amides is 1. The molecule has 2 radical (unpaired) electrons. The number of hydrogen-bond acceptors (Lipinski definition) is 3. The predicted molar refractivity (Wildman–Crippen MR) is 113 cm³/mol. The molecule has 0 saturated heterocycles. The third-order valence-corrected chi connectivity index (χ3v) is 5.71. The van der Waals surface area contributed by atoms with E-state index in [1.165, 1.54) is 18.4 Å². The summed E-state index contributed by atoms with van der Waals surface area (Å²) in [5, 5.41) is 18.2. The highest BCUT2D eigenvalue weighted by Gasteiger charge is 2.39. The average Bonchev–Trinajstić information content (AvgIpc) is 3.22. The Morgan fingerprint density at radius 1 is 1.00 bits per heavy atom. The lowest BCUT2D eigenvalue weighted by Gasteiger charge is -2.32. The van der Waals surface area contributed by atoms with Crippen molar-refractivity contribution in [2.75, 3.05) is 7.05 Å². The molecule has 1 aliphatic rings. The maximum absolute atomic E-state index is 12.5. The van der Waals surface area contributed by atoms with Gasteiger partial charge in [-0.15, -0.1) is 0 Å². The van der Waals surface area contributed by atoms with E-state index in [9.17, 15) is 4.79 Å². The first-order valence-corrected chi connectivity index (χ1v) is 9.52. The maximum Gasteiger partial charge on any atom is 0.254 e. The summed E-state index contributed by atoms with van der Waals surface area (Å²) in [6, 6.07) is 5.79. The minimum Gasteiger partial charge on any atom is -0.387 e. The van der Waals surface area contributed by atoms with Crippen LogP contribution < -0.4 is 5.46 Å². The Labute approximate surface area is 166 Å². The Bertz CT molecular complexity index is 662. The van der Waals surface area contributed by atoms with Crippen LogP contribution in [0.25, 0.3) is 0 Å². The SMILES string of the molecule is CC(C)(O)C(C)(C)O.[B]c1cc(C(=O)N(C)C(C)(C)C)cc(C2(C)CC2)c1. The third-order valence-electron chi connectivity index (χ3n) is 5.71. The van der Waals surface area contributed by atoms with Crippen molar-refractivity contribution < 1.29 is 15.0 Å². The topological polar surface area (TPSA) is 60.8 Å². The van der Waals surface area contributed by atoms with Gasteiger partial charge in [0.2, 0.25) is 0 Å². The minimum atomic E-state index is -1.01. The molecule has 150 valence electrons. The molecule has 5 heteroatoms. The summed E-state index contributed by atoms with van der Waals surface area (Å²) in [6.45, 7) is 14.6. The lowest BCUT2D eigenvalue weighted by molar-refractivity contribution is -0.107. The zero-order valence-electron chi connectivity index (χ0n) is 18.5. The van der Waals surface area contributed by atoms with E-state index < -0.39 is 11.2 Å². The maximum atomic E-state index is 12.5. The van der Waals surface area contributed by atoms with Gasteiger partial charge in [-0.1, -0.05) is 24.5 Å². The molecule has 0 heterocycles. The van der Waals surface area contributed by atoms with Gasteiger partial charge in [0, 0.05) is 18.2 Å². The van der Waals surface area contributed by atoms with Gasteiger partial charge >= 0.3 is 0 Å². The van der Waals surface area contributed by atoms with Crippen LogP contribution in [0, 0.1) is 0 Å². The van der Waals surface area contributed by atoms with E-state index in [0.29, 0.717) is 11.0 Å². The molecule has 4 nitrogen and oxygen atoms in total. The van der Waals surface area contributed by atoms with Crippen LogP contribution in [0.1, 0.15) is 84.2 Å². The van der Waals surface area contributed by atoms with Gasteiger partial charge in [-0.05, 0) is 78.4 Å². The average molecular weight is 373 g/mol. The molecule has 2 rings (SSSR count). The first kappa shape index (κ1) is 23.7. The van der Waals surface area contributed by atoms with Gasteiger partial charge in [0.1, 0.15) is 7.85 Å². The van der Waals surface area contributed by atoms with Crippen molar-refractivity contribution in [2.24, 2.45) is 0 Å². The number of carbonyl (C=O) groups excluding carboxylic acids is 1. The van der Waals surface area contributed by atoms with E-state index >= 15 is 0 Å². The van der Waals surface area contributed by atoms with E-state index in [2.05, 4.69) is 6.92 Å². The summed E-state index contributed by atoms with van der Waals surface area (Å²) in [6.07, 6.45) is 2.36. The van der Waals surface area contributed by atoms with Crippen LogP contribution >= 0.6 is 0 Å². The van der Waals surface area contributed by atoms with Crippen molar-refractivity contribution in [1.29, 1.82) is 0 Å². The number of aliphatic hydroxyl groups is 2. The molecule has 1 amide bonds. The Balaban J connectivity index is 0.000000387. The van der Waals surface area contributed by atoms with Crippen LogP contribution in [-0.4, -0.2) is 52.7 Å². The van der Waals surface area contributed by atoms with Crippen molar-refractivity contribution in [3.8, 4) is 0 Å². The summed E-state index contributed by atoms with van der Waals surface area (Å²) < 4.78 is 0. The molecule has 27 heavy (non-hydrogen) atoms. The van der Waals surface area contributed by atoms with Gasteiger partial charge in [0.15, 0.2) is 0 Å². The van der Waals surface area contributed by atoms with Crippen LogP contribution in [0.2, 0.25) is 0 Å². The Kier molecular flexibility index (Phi) is 6.67. The second kappa shape index (κ2) is 7.59. The quantitative estimate of drug-likeness (QED) is 0.801. The highest BCUT2D eigenvalue weighted by Crippen LogP contribution is 2.47. The highest BCUT2D eigenvalue weighted by molar-refractivity contribution is 6.32. The third kappa shape index (κ3) is 6.36. The number of rotatable bonds is 3. The number of benzene rings is 1. The molecule has 1 saturated carbocycles. The molecule has 1 fully saturated rings. The lowest BCUT2D eigenvalue weighted by atomic mass is 9.86. The molecule has 0 aliphatic heterocycles. The first-order valence-electron chi connectivity index (χ1n) is 9.52. The Hall–Kier alpha value is -1.33. The fraction of sp³-hybridized carbons (Fsp3) is 0.682. The largest absolute Gasteiger partial charge is 0.387 e. The summed E-state index contributed by atoms with van der Waals surface area (Å²) in [5.74, 6) is 0.0327. The van der Waals surface area contributed by atoms with Crippen molar-refractivity contribution in [3.05, 3.63) is 29.3 Å². The van der Waals surface area contributed by atoms with Crippen LogP contribution in [-0.2, 0) is 5.41 Å². The summed E-state index contributed by atoms with van der Waals surface area (Å²) >= 11 is 0. The second-order valence-electron chi connectivity index (χ2n) is 10.1. The lowest BCUT2D eigenvalue weighted by Crippen LogP contribution is -2.44. The Morgan fingerprint density at radius 3 is 1.78 bits per heavy atom. The van der Waals surface area contributed by atoms with E-state index in [1.54, 1.807) is 38.7 Å². The molecular formula is C22H36BNO3. The molecular weight excluding hydrogens is 337 g/mol. The highest BCUT2D eigenvalue weighted by atomic mass is 16.3. The van der Waals surface area contributed by atoms with Crippen molar-refractivity contribution in [1.82, 2.24) is 4.90 Å². The van der Waals surface area contributed by atoms with E-state index in [0.717, 1.165) is 0 Å². The zero-order chi connectivity index (χ0) is 21.4. The van der Waals surface area contributed by atoms with Crippen LogP contribution in [0.5, 0.6) is 0 Å². The van der Waals surface area contributed by atoms with Crippen LogP contribution in [0.15, 0.2) is 18.2 Å². The van der Waals surface area contributed by atoms with Crippen molar-refractivity contribution >= 4 is 19.2 Å². The monoisotopic (exact) mass is 373 g/mol. The van der Waals surface area contributed by atoms with Crippen molar-refractivity contribution in [2.45, 2.75) is 90.4 Å². The normalized spacial score (nSPS) is 16.3. The fourth-order valence-corrected chi connectivity index (χ4v) is 2.10. The van der Waals surface area contributed by atoms with E-state index in [-0.39, 0.29) is 16.9 Å². The zero-order valence-corrected chi connectivity index (χ0v) is 18.5. The minimum absolute atomic E-state index is 0.0327. The van der Waals surface area contributed by atoms with Gasteiger partial charge < -0.3 is 15.1 Å². The molecule has 0 aromatic heterocycles. The van der Waals surface area contributed by atoms with E-state index in [4.69, 9.17) is 18.1 Å². The molecule has 0 bridgehead atoms. The summed E-state index contributed by atoms with van der Waals surface area (Å²) in [4.78, 5) is 14.3. The number of carbonyl (C=O) groups is 1. The molecule has 1 aliphatic carbocycles. The van der Waals surface area contributed by atoms with Gasteiger partial charge in [-0.25, -0.2) is 0 Å². The van der Waals surface area contributed by atoms with Gasteiger partial charge in [-0.2, -0.15) is 0 Å². The summed E-state index contributed by atoms with van der Waals surface area (Å²) in [5.41, 5.74) is 0.589. The number of hydrogen-bond donors (Lipinski definition) is 2. The van der Waals surface area contributed by atoms with Gasteiger partial charge in [0.05, 0.1) is 11.2 Å². The molecule has 0 atom stereocenters. The molecule has 1 aromatic rings. The standard InChI is InChI=1S/C16H22BNO.C6H14O2/c1-15(2,3)18(5)14(19)11-8-12(10-13(17)9-11)16(4)6-7-16;1-5(2,7)6(3,4)8/h8-10H,6-7H2,1-5H3;7-8H,1-4H3. The molecule has 1 aromatic carbocycles. The van der Waals surface area contributed by atoms with Crippen molar-refractivity contribution in [3.63, 3.8) is 0 Å². The Morgan fingerprint density at radius 2 is 1.44 bits per heavy atom. The van der Waals surface area contributed by atoms with Gasteiger partial charge in [-0.3, -0.25) is 4.79 Å². The van der Waals surface area contributed by atoms with E-state index in [1.807, 2.05) is 40.0 Å².